The van der Waals surface area contributed by atoms with E-state index in [2.05, 4.69) is 25.9 Å². The van der Waals surface area contributed by atoms with Gasteiger partial charge in [-0.2, -0.15) is 0 Å². The molecular formula is C23H19N5OS. The van der Waals surface area contributed by atoms with Crippen molar-refractivity contribution in [1.82, 2.24) is 19.9 Å². The lowest BCUT2D eigenvalue weighted by Gasteiger charge is -2.29. The Kier molecular flexibility index (Phi) is 4.65. The van der Waals surface area contributed by atoms with Crippen LogP contribution in [0.25, 0.3) is 5.69 Å². The van der Waals surface area contributed by atoms with Crippen LogP contribution in [-0.2, 0) is 0 Å². The molecule has 3 aromatic heterocycles. The largest absolute Gasteiger partial charge is 0.506 e. The SMILES string of the molecule is Oc1ccccc1N1C(=S)N[C@@H](c2ccccn2)[C@H]1c1cccn1-c1cccnc1. The van der Waals surface area contributed by atoms with Crippen LogP contribution < -0.4 is 10.2 Å². The van der Waals surface area contributed by atoms with Crippen molar-refractivity contribution >= 4 is 23.0 Å². The zero-order valence-corrected chi connectivity index (χ0v) is 16.8. The van der Waals surface area contributed by atoms with Crippen LogP contribution in [0.15, 0.2) is 91.5 Å². The number of pyridine rings is 2. The Morgan fingerprint density at radius 1 is 0.933 bits per heavy atom. The van der Waals surface area contributed by atoms with Gasteiger partial charge in [0.2, 0.25) is 0 Å². The lowest BCUT2D eigenvalue weighted by atomic mass is 10.0. The Bertz CT molecular complexity index is 1180. The van der Waals surface area contributed by atoms with Crippen molar-refractivity contribution in [3.63, 3.8) is 0 Å². The van der Waals surface area contributed by atoms with E-state index in [-0.39, 0.29) is 17.8 Å². The van der Waals surface area contributed by atoms with Gasteiger partial charge in [0.05, 0.1) is 29.3 Å². The first-order valence-electron chi connectivity index (χ1n) is 9.60. The number of aromatic nitrogens is 3. The molecule has 0 saturated carbocycles. The van der Waals surface area contributed by atoms with Gasteiger partial charge in [-0.25, -0.2) is 0 Å². The molecule has 0 spiro atoms. The maximum Gasteiger partial charge on any atom is 0.174 e. The number of hydrogen-bond donors (Lipinski definition) is 2. The molecule has 2 N–H and O–H groups in total. The summed E-state index contributed by atoms with van der Waals surface area (Å²) < 4.78 is 2.09. The molecule has 6 nitrogen and oxygen atoms in total. The maximum absolute atomic E-state index is 10.6. The molecule has 4 aromatic rings. The number of aromatic hydroxyl groups is 1. The summed E-state index contributed by atoms with van der Waals surface area (Å²) in [5.74, 6) is 0.174. The Hall–Kier alpha value is -3.71. The van der Waals surface area contributed by atoms with Crippen LogP contribution >= 0.6 is 12.2 Å². The predicted octanol–water partition coefficient (Wildman–Crippen LogP) is 4.15. The van der Waals surface area contributed by atoms with E-state index >= 15 is 0 Å². The minimum atomic E-state index is -0.226. The number of thiocarbonyl (C=S) groups is 1. The highest BCUT2D eigenvalue weighted by molar-refractivity contribution is 7.80. The lowest BCUT2D eigenvalue weighted by molar-refractivity contribution is 0.472. The van der Waals surface area contributed by atoms with E-state index in [0.29, 0.717) is 10.8 Å². The highest BCUT2D eigenvalue weighted by atomic mass is 32.1. The summed E-state index contributed by atoms with van der Waals surface area (Å²) in [6.45, 7) is 0. The molecule has 30 heavy (non-hydrogen) atoms. The van der Waals surface area contributed by atoms with E-state index < -0.39 is 0 Å². The van der Waals surface area contributed by atoms with Crippen molar-refractivity contribution in [3.05, 3.63) is 103 Å². The second-order valence-corrected chi connectivity index (χ2v) is 7.39. The minimum Gasteiger partial charge on any atom is -0.506 e. The van der Waals surface area contributed by atoms with Crippen molar-refractivity contribution in [1.29, 1.82) is 0 Å². The van der Waals surface area contributed by atoms with E-state index in [1.54, 1.807) is 24.5 Å². The van der Waals surface area contributed by atoms with Gasteiger partial charge in [0.1, 0.15) is 11.8 Å². The molecule has 148 valence electrons. The zero-order valence-electron chi connectivity index (χ0n) is 16.0. The normalized spacial score (nSPS) is 18.4. The fraction of sp³-hybridized carbons (Fsp3) is 0.0870. The standard InChI is InChI=1S/C23H19N5OS/c29-20-11-2-1-9-18(20)28-22(21(26-23(28)30)17-8-3-4-13-25-17)19-10-6-14-27(19)16-7-5-12-24-15-16/h1-15,21-22,29H,(H,26,30)/t21-,22+/m0/s1. The Labute approximate surface area is 179 Å². The number of hydrogen-bond acceptors (Lipinski definition) is 4. The van der Waals surface area contributed by atoms with E-state index in [1.807, 2.05) is 65.8 Å². The molecule has 7 heteroatoms. The van der Waals surface area contributed by atoms with Crippen LogP contribution in [0, 0.1) is 0 Å². The molecule has 5 rings (SSSR count). The van der Waals surface area contributed by atoms with E-state index in [4.69, 9.17) is 12.2 Å². The van der Waals surface area contributed by atoms with Gasteiger partial charge in [0.25, 0.3) is 0 Å². The van der Waals surface area contributed by atoms with Gasteiger partial charge in [-0.3, -0.25) is 9.97 Å². The first kappa shape index (κ1) is 18.3. The average molecular weight is 414 g/mol. The monoisotopic (exact) mass is 413 g/mol. The Balaban J connectivity index is 1.69. The summed E-state index contributed by atoms with van der Waals surface area (Å²) in [5, 5.41) is 14.5. The molecule has 0 unspecified atom stereocenters. The van der Waals surface area contributed by atoms with Crippen molar-refractivity contribution < 1.29 is 5.11 Å². The van der Waals surface area contributed by atoms with Gasteiger partial charge in [-0.05, 0) is 60.7 Å². The van der Waals surface area contributed by atoms with Crippen LogP contribution in [0.4, 0.5) is 5.69 Å². The molecular weight excluding hydrogens is 394 g/mol. The number of phenols is 1. The number of rotatable bonds is 4. The predicted molar refractivity (Wildman–Crippen MR) is 120 cm³/mol. The number of para-hydroxylation sites is 2. The molecule has 1 aromatic carbocycles. The number of benzene rings is 1. The van der Waals surface area contributed by atoms with Gasteiger partial charge < -0.3 is 19.9 Å². The van der Waals surface area contributed by atoms with Gasteiger partial charge in [-0.15, -0.1) is 0 Å². The van der Waals surface area contributed by atoms with E-state index in [0.717, 1.165) is 17.1 Å². The topological polar surface area (TPSA) is 66.2 Å². The third-order valence-electron chi connectivity index (χ3n) is 5.25. The van der Waals surface area contributed by atoms with Crippen LogP contribution in [0.5, 0.6) is 5.75 Å². The molecule has 0 amide bonds. The third-order valence-corrected chi connectivity index (χ3v) is 5.56. The van der Waals surface area contributed by atoms with Crippen LogP contribution in [-0.4, -0.2) is 24.8 Å². The lowest BCUT2D eigenvalue weighted by Crippen LogP contribution is -2.30. The molecule has 4 heterocycles. The van der Waals surface area contributed by atoms with Gasteiger partial charge in [0, 0.05) is 24.3 Å². The van der Waals surface area contributed by atoms with Gasteiger partial charge >= 0.3 is 0 Å². The minimum absolute atomic E-state index is 0.174. The van der Waals surface area contributed by atoms with Crippen LogP contribution in [0.1, 0.15) is 23.5 Å². The number of phenolic OH excluding ortho intramolecular Hbond substituents is 1. The number of anilines is 1. The van der Waals surface area contributed by atoms with E-state index in [1.165, 1.54) is 0 Å². The summed E-state index contributed by atoms with van der Waals surface area (Å²) >= 11 is 5.72. The Morgan fingerprint density at radius 3 is 2.57 bits per heavy atom. The molecule has 0 bridgehead atoms. The molecule has 1 saturated heterocycles. The average Bonchev–Trinajstić information content (AvgIpc) is 3.40. The van der Waals surface area contributed by atoms with Crippen molar-refractivity contribution in [3.8, 4) is 11.4 Å². The highest BCUT2D eigenvalue weighted by Crippen LogP contribution is 2.44. The first-order valence-corrected chi connectivity index (χ1v) is 10.0. The van der Waals surface area contributed by atoms with Gasteiger partial charge in [0.15, 0.2) is 5.11 Å². The molecule has 2 atom stereocenters. The summed E-state index contributed by atoms with van der Waals surface area (Å²) in [4.78, 5) is 10.8. The van der Waals surface area contributed by atoms with Crippen LogP contribution in [0.3, 0.4) is 0 Å². The smallest absolute Gasteiger partial charge is 0.174 e. The van der Waals surface area contributed by atoms with Crippen molar-refractivity contribution in [2.24, 2.45) is 0 Å². The van der Waals surface area contributed by atoms with Crippen molar-refractivity contribution in [2.75, 3.05) is 4.90 Å². The number of nitrogens with one attached hydrogen (secondary N) is 1. The second kappa shape index (κ2) is 7.61. The third kappa shape index (κ3) is 3.09. The molecule has 1 aliphatic rings. The fourth-order valence-corrected chi connectivity index (χ4v) is 4.29. The molecule has 1 aliphatic heterocycles. The second-order valence-electron chi connectivity index (χ2n) is 7.00. The van der Waals surface area contributed by atoms with Crippen molar-refractivity contribution in [2.45, 2.75) is 12.1 Å². The molecule has 0 radical (unpaired) electrons. The summed E-state index contributed by atoms with van der Waals surface area (Å²) in [6, 6.07) is 20.6. The van der Waals surface area contributed by atoms with Gasteiger partial charge in [-0.1, -0.05) is 18.2 Å². The summed E-state index contributed by atoms with van der Waals surface area (Å²) in [5.41, 5.74) is 3.49. The molecule has 1 fully saturated rings. The maximum atomic E-state index is 10.6. The fourth-order valence-electron chi connectivity index (χ4n) is 3.95. The number of nitrogens with zero attached hydrogens (tertiary/aromatic N) is 4. The Morgan fingerprint density at radius 2 is 1.80 bits per heavy atom. The summed E-state index contributed by atoms with van der Waals surface area (Å²) in [6.07, 6.45) is 7.36. The van der Waals surface area contributed by atoms with Crippen LogP contribution in [0.2, 0.25) is 0 Å². The first-order chi connectivity index (χ1) is 14.7. The highest BCUT2D eigenvalue weighted by Gasteiger charge is 2.42. The van der Waals surface area contributed by atoms with E-state index in [9.17, 15) is 5.11 Å². The quantitative estimate of drug-likeness (QED) is 0.490. The molecule has 0 aliphatic carbocycles. The summed E-state index contributed by atoms with van der Waals surface area (Å²) in [7, 11) is 0. The zero-order chi connectivity index (χ0) is 20.5.